The Morgan fingerprint density at radius 2 is 0.224 bits per heavy atom. The minimum Gasteiger partial charge on any atom is -0.0619 e. The first-order chi connectivity index (χ1) is 66.5. The fraction of sp³-hybridized carbons (Fsp3) is 0.0448. The predicted octanol–water partition coefficient (Wildman–Crippen LogP) is 33.6. The lowest BCUT2D eigenvalue weighted by atomic mass is 9.70. The number of rotatable bonds is 0. The van der Waals surface area contributed by atoms with Gasteiger partial charge in [0.15, 0.2) is 0 Å². The van der Waals surface area contributed by atoms with Crippen molar-refractivity contribution in [1.29, 1.82) is 0 Å². The minimum atomic E-state index is -0.180. The first-order valence-electron chi connectivity index (χ1n) is 47.2. The molecular weight excluding hydrogens is 1610 g/mol. The largest absolute Gasteiger partial charge is 0.0725 e. The molecule has 0 atom stereocenters. The van der Waals surface area contributed by atoms with E-state index in [0.717, 1.165) is 19.3 Å². The Balaban J connectivity index is 0.0000000829. The van der Waals surface area contributed by atoms with Crippen LogP contribution >= 0.6 is 0 Å². The van der Waals surface area contributed by atoms with E-state index in [9.17, 15) is 0 Å². The van der Waals surface area contributed by atoms with Gasteiger partial charge in [-0.1, -0.05) is 510 Å². The van der Waals surface area contributed by atoms with Crippen molar-refractivity contribution in [3.63, 3.8) is 0 Å². The van der Waals surface area contributed by atoms with E-state index in [-0.39, 0.29) is 16.2 Å². The molecule has 0 nitrogen and oxygen atoms in total. The first kappa shape index (κ1) is 78.4. The molecule has 23 aromatic rings. The third kappa shape index (κ3) is 11.8. The molecule has 0 heteroatoms. The summed E-state index contributed by atoms with van der Waals surface area (Å²) in [6.07, 6.45) is 3.31. The van der Waals surface area contributed by atoms with Crippen LogP contribution in [0.4, 0.5) is 0 Å². The van der Waals surface area contributed by atoms with Crippen LogP contribution in [0.1, 0.15) is 100 Å². The molecule has 134 heavy (non-hydrogen) atoms. The maximum atomic E-state index is 2.31. The van der Waals surface area contributed by atoms with Crippen molar-refractivity contribution in [3.8, 4) is 100 Å². The Kier molecular flexibility index (Phi) is 18.7. The van der Waals surface area contributed by atoms with Crippen LogP contribution in [-0.2, 0) is 35.5 Å². The summed E-state index contributed by atoms with van der Waals surface area (Å²) in [5.41, 5.74) is 50.0. The molecule has 0 bridgehead atoms. The third-order valence-corrected chi connectivity index (χ3v) is 30.2. The van der Waals surface area contributed by atoms with E-state index in [1.165, 1.54) is 243 Å². The molecule has 9 aliphatic rings. The summed E-state index contributed by atoms with van der Waals surface area (Å²) in [5.74, 6) is 0. The zero-order chi connectivity index (χ0) is 88.4. The maximum absolute atomic E-state index is 2.31. The topological polar surface area (TPSA) is 0 Å². The van der Waals surface area contributed by atoms with Crippen molar-refractivity contribution in [2.24, 2.45) is 0 Å². The Morgan fingerprint density at radius 1 is 0.104 bits per heavy atom. The molecule has 0 heterocycles. The third-order valence-electron chi connectivity index (χ3n) is 30.2. The summed E-state index contributed by atoms with van der Waals surface area (Å²) < 4.78 is 0. The molecule has 0 aromatic heterocycles. The maximum Gasteiger partial charge on any atom is 0.0725 e. The lowest BCUT2D eigenvalue weighted by Crippen LogP contribution is -2.25. The molecule has 0 radical (unpaired) electrons. The molecule has 32 rings (SSSR count). The zero-order valence-electron chi connectivity index (χ0n) is 74.1. The quantitative estimate of drug-likeness (QED) is 0.105. The van der Waals surface area contributed by atoms with Gasteiger partial charge in [-0.15, -0.1) is 0 Å². The van der Waals surface area contributed by atoms with Crippen molar-refractivity contribution in [2.45, 2.75) is 35.5 Å². The van der Waals surface area contributed by atoms with E-state index in [1.807, 2.05) is 0 Å². The Labute approximate surface area is 782 Å². The SMILES string of the molecule is c1cc2cccc3c4cccc5cccc(c(c1)c23)c54.c1ccc2c(c1)-c1ccccc1C21c2ccccc2-c2ccccc21.c1ccc2c(c1)-c1ccccc1C21c2ccccc2-c2ccccc21.c1ccc2c(c1)-c1ccccc1C21c2ccccc2-c2ccccc21.c1ccc2c(c1)Cc1ccccc1-2.c1ccc2c(c1)Cc1ccccc1-2.c1ccc2c(c1)Cc1ccccc1-2. The Hall–Kier alpha value is -16.6. The molecule has 0 N–H and O–H groups in total. The van der Waals surface area contributed by atoms with Gasteiger partial charge < -0.3 is 0 Å². The summed E-state index contributed by atoms with van der Waals surface area (Å²) in [4.78, 5) is 0. The summed E-state index contributed by atoms with van der Waals surface area (Å²) in [6.45, 7) is 0. The summed E-state index contributed by atoms with van der Waals surface area (Å²) in [6, 6.07) is 185. The second-order valence-electron chi connectivity index (χ2n) is 36.7. The highest BCUT2D eigenvalue weighted by molar-refractivity contribution is 6.33. The molecule has 0 unspecified atom stereocenters. The average Bonchev–Trinajstić information content (AvgIpc) is 1.52. The van der Waals surface area contributed by atoms with E-state index in [0.29, 0.717) is 0 Å². The second-order valence-corrected chi connectivity index (χ2v) is 36.7. The standard InChI is InChI=1S/3C25H16.C20H12.3C13H10/c3*1-5-13-21-17(9-1)18-10-2-6-14-22(18)25(21)23-15-7-3-11-19(23)20-12-4-8-16-24(20)25;1-5-13-6-2-11-17-18-12-4-8-14-7-3-10-16(20(14)18)15(9-1)19(13)17;3*1-3-7-12-10(5-1)9-11-6-2-4-8-13(11)12/h3*1-16H;1-12H;3*1-8H,9H2. The van der Waals surface area contributed by atoms with Gasteiger partial charge in [0.05, 0.1) is 16.2 Å². The normalized spacial score (nSPS) is 13.6. The van der Waals surface area contributed by atoms with Crippen molar-refractivity contribution >= 4 is 43.1 Å². The monoisotopic (exact) mass is 1700 g/mol. The minimum absolute atomic E-state index is 0.180. The summed E-state index contributed by atoms with van der Waals surface area (Å²) in [7, 11) is 0. The molecule has 0 aliphatic heterocycles. The lowest BCUT2D eigenvalue weighted by molar-refractivity contribution is 0.794. The smallest absolute Gasteiger partial charge is 0.0619 e. The molecule has 23 aromatic carbocycles. The highest BCUT2D eigenvalue weighted by Gasteiger charge is 2.54. The molecule has 0 amide bonds. The highest BCUT2D eigenvalue weighted by Crippen LogP contribution is 2.66. The molecule has 0 fully saturated rings. The van der Waals surface area contributed by atoms with E-state index >= 15 is 0 Å². The summed E-state index contributed by atoms with van der Waals surface area (Å²) >= 11 is 0. The molecule has 3 spiro atoms. The van der Waals surface area contributed by atoms with E-state index in [1.54, 1.807) is 0 Å². The van der Waals surface area contributed by atoms with Crippen LogP contribution in [0.5, 0.6) is 0 Å². The lowest BCUT2D eigenvalue weighted by Gasteiger charge is -2.30. The van der Waals surface area contributed by atoms with Crippen molar-refractivity contribution in [2.75, 3.05) is 0 Å². The van der Waals surface area contributed by atoms with Gasteiger partial charge >= 0.3 is 0 Å². The van der Waals surface area contributed by atoms with Crippen LogP contribution in [0.25, 0.3) is 143 Å². The van der Waals surface area contributed by atoms with Crippen LogP contribution < -0.4 is 0 Å². The van der Waals surface area contributed by atoms with Crippen LogP contribution in [0, 0.1) is 0 Å². The molecule has 626 valence electrons. The van der Waals surface area contributed by atoms with Gasteiger partial charge in [0.1, 0.15) is 0 Å². The van der Waals surface area contributed by atoms with E-state index < -0.39 is 0 Å². The van der Waals surface area contributed by atoms with Crippen molar-refractivity contribution in [1.82, 2.24) is 0 Å². The van der Waals surface area contributed by atoms with Gasteiger partial charge in [0.2, 0.25) is 0 Å². The molecular formula is C134H90. The van der Waals surface area contributed by atoms with Gasteiger partial charge in [-0.05, 0) is 263 Å². The van der Waals surface area contributed by atoms with E-state index in [4.69, 9.17) is 0 Å². The fourth-order valence-corrected chi connectivity index (χ4v) is 25.0. The molecule has 0 saturated heterocycles. The van der Waals surface area contributed by atoms with Gasteiger partial charge in [-0.25, -0.2) is 0 Å². The van der Waals surface area contributed by atoms with Gasteiger partial charge in [-0.3, -0.25) is 0 Å². The van der Waals surface area contributed by atoms with E-state index in [2.05, 4.69) is 510 Å². The number of benzene rings is 23. The van der Waals surface area contributed by atoms with Crippen LogP contribution in [0.15, 0.2) is 510 Å². The first-order valence-corrected chi connectivity index (χ1v) is 47.2. The molecule has 0 saturated carbocycles. The van der Waals surface area contributed by atoms with Crippen molar-refractivity contribution < 1.29 is 0 Å². The average molecular weight is 1700 g/mol. The Bertz CT molecular complexity index is 7120. The Morgan fingerprint density at radius 3 is 0.366 bits per heavy atom. The van der Waals surface area contributed by atoms with Crippen LogP contribution in [0.2, 0.25) is 0 Å². The number of hydrogen-bond donors (Lipinski definition) is 0. The number of fused-ring (bicyclic) bond motifs is 41. The summed E-state index contributed by atoms with van der Waals surface area (Å²) in [5, 5.41) is 10.9. The van der Waals surface area contributed by atoms with Gasteiger partial charge in [0, 0.05) is 0 Å². The van der Waals surface area contributed by atoms with Crippen LogP contribution in [0.3, 0.4) is 0 Å². The fourth-order valence-electron chi connectivity index (χ4n) is 25.0. The predicted molar refractivity (Wildman–Crippen MR) is 560 cm³/mol. The second kappa shape index (κ2) is 31.9. The highest BCUT2D eigenvalue weighted by atomic mass is 14.6. The van der Waals surface area contributed by atoms with Crippen LogP contribution in [-0.4, -0.2) is 0 Å². The van der Waals surface area contributed by atoms with Gasteiger partial charge in [0.25, 0.3) is 0 Å². The number of hydrogen-bond acceptors (Lipinski definition) is 0. The van der Waals surface area contributed by atoms with Gasteiger partial charge in [-0.2, -0.15) is 0 Å². The zero-order valence-corrected chi connectivity index (χ0v) is 74.1. The molecule has 9 aliphatic carbocycles. The van der Waals surface area contributed by atoms with Crippen molar-refractivity contribution in [3.05, 3.63) is 610 Å².